The maximum absolute atomic E-state index is 12.4. The lowest BCUT2D eigenvalue weighted by Gasteiger charge is -2.29. The van der Waals surface area contributed by atoms with Gasteiger partial charge < -0.3 is 11.1 Å². The van der Waals surface area contributed by atoms with Crippen LogP contribution in [-0.2, 0) is 16.0 Å². The Morgan fingerprint density at radius 1 is 1.28 bits per heavy atom. The molecule has 2 fully saturated rings. The van der Waals surface area contributed by atoms with Crippen LogP contribution < -0.4 is 16.4 Å². The van der Waals surface area contributed by atoms with Gasteiger partial charge in [-0.15, -0.1) is 12.4 Å². The van der Waals surface area contributed by atoms with Crippen molar-refractivity contribution in [3.05, 3.63) is 35.4 Å². The molecule has 1 heterocycles. The Hall–Kier alpha value is -1.92. The zero-order valence-electron chi connectivity index (χ0n) is 14.2. The van der Waals surface area contributed by atoms with E-state index in [1.165, 1.54) is 0 Å². The molecule has 25 heavy (non-hydrogen) atoms. The number of hydrogen-bond acceptors (Lipinski definition) is 4. The second-order valence-corrected chi connectivity index (χ2v) is 7.06. The molecular weight excluding hydrogens is 342 g/mol. The molecule has 6 nitrogen and oxygen atoms in total. The molecule has 1 aliphatic heterocycles. The molecule has 1 aromatic rings. The Balaban J connectivity index is 0.00000225. The average molecular weight is 366 g/mol. The first-order chi connectivity index (χ1) is 11.4. The fourth-order valence-corrected chi connectivity index (χ4v) is 3.22. The zero-order chi connectivity index (χ0) is 17.3. The largest absolute Gasteiger partial charge is 0.345 e. The van der Waals surface area contributed by atoms with E-state index in [9.17, 15) is 14.4 Å². The number of carbonyl (C=O) groups is 3. The molecule has 0 bridgehead atoms. The van der Waals surface area contributed by atoms with Gasteiger partial charge in [-0.05, 0) is 49.8 Å². The molecule has 1 saturated heterocycles. The van der Waals surface area contributed by atoms with E-state index in [-0.39, 0.29) is 48.0 Å². The minimum Gasteiger partial charge on any atom is -0.345 e. The number of halogens is 1. The van der Waals surface area contributed by atoms with E-state index in [4.69, 9.17) is 5.73 Å². The van der Waals surface area contributed by atoms with Crippen LogP contribution in [-0.4, -0.2) is 29.8 Å². The molecule has 0 spiro atoms. The summed E-state index contributed by atoms with van der Waals surface area (Å²) in [6.07, 6.45) is 2.95. The summed E-state index contributed by atoms with van der Waals surface area (Å²) in [5.74, 6) is -0.418. The lowest BCUT2D eigenvalue weighted by molar-refractivity contribution is -0.125. The van der Waals surface area contributed by atoms with Crippen LogP contribution in [0.2, 0.25) is 0 Å². The summed E-state index contributed by atoms with van der Waals surface area (Å²) in [5.41, 5.74) is 7.00. The summed E-state index contributed by atoms with van der Waals surface area (Å²) < 4.78 is 0. The van der Waals surface area contributed by atoms with Gasteiger partial charge in [-0.1, -0.05) is 12.1 Å². The minimum absolute atomic E-state index is 0. The number of amides is 3. The Morgan fingerprint density at radius 3 is 2.40 bits per heavy atom. The smallest absolute Gasteiger partial charge is 0.251 e. The number of imide groups is 1. The summed E-state index contributed by atoms with van der Waals surface area (Å²) in [6.45, 7) is 2.42. The first kappa shape index (κ1) is 19.4. The average Bonchev–Trinajstić information content (AvgIpc) is 3.35. The highest BCUT2D eigenvalue weighted by Crippen LogP contribution is 2.39. The van der Waals surface area contributed by atoms with E-state index in [2.05, 4.69) is 10.6 Å². The molecular formula is C18H24ClN3O3. The van der Waals surface area contributed by atoms with E-state index >= 15 is 0 Å². The molecule has 1 saturated carbocycles. The molecule has 4 N–H and O–H groups in total. The molecule has 3 rings (SSSR count). The first-order valence-electron chi connectivity index (χ1n) is 8.36. The van der Waals surface area contributed by atoms with Crippen molar-refractivity contribution in [1.29, 1.82) is 0 Å². The van der Waals surface area contributed by atoms with Crippen LogP contribution in [0.5, 0.6) is 0 Å². The number of nitrogens with one attached hydrogen (secondary N) is 2. The van der Waals surface area contributed by atoms with Crippen LogP contribution in [0.4, 0.5) is 0 Å². The van der Waals surface area contributed by atoms with E-state index in [1.54, 1.807) is 12.1 Å². The monoisotopic (exact) mass is 365 g/mol. The predicted molar refractivity (Wildman–Crippen MR) is 96.3 cm³/mol. The predicted octanol–water partition coefficient (Wildman–Crippen LogP) is 1.17. The van der Waals surface area contributed by atoms with Crippen molar-refractivity contribution in [2.75, 3.05) is 6.54 Å². The standard InChI is InChI=1S/C18H23N3O3.ClH/c1-18(10-19,14-6-7-14)21-17(24)12-4-2-11(3-5-12)8-13-9-15(22)20-16(13)23;/h2-5,13-14H,6-10,19H2,1H3,(H,21,24)(H,20,22,23);1H. The number of benzene rings is 1. The normalized spacial score (nSPS) is 21.9. The van der Waals surface area contributed by atoms with E-state index < -0.39 is 0 Å². The van der Waals surface area contributed by atoms with Gasteiger partial charge in [0.2, 0.25) is 11.8 Å². The van der Waals surface area contributed by atoms with Gasteiger partial charge in [0.15, 0.2) is 0 Å². The van der Waals surface area contributed by atoms with Crippen molar-refractivity contribution in [2.24, 2.45) is 17.6 Å². The minimum atomic E-state index is -0.349. The third-order valence-corrected chi connectivity index (χ3v) is 5.06. The molecule has 2 unspecified atom stereocenters. The van der Waals surface area contributed by atoms with Gasteiger partial charge in [-0.3, -0.25) is 19.7 Å². The van der Waals surface area contributed by atoms with Crippen LogP contribution in [0.25, 0.3) is 0 Å². The maximum Gasteiger partial charge on any atom is 0.251 e. The van der Waals surface area contributed by atoms with E-state index in [0.29, 0.717) is 24.4 Å². The second kappa shape index (κ2) is 7.54. The molecule has 7 heteroatoms. The van der Waals surface area contributed by atoms with Crippen molar-refractivity contribution in [3.63, 3.8) is 0 Å². The summed E-state index contributed by atoms with van der Waals surface area (Å²) in [5, 5.41) is 5.37. The summed E-state index contributed by atoms with van der Waals surface area (Å²) in [4.78, 5) is 35.3. The van der Waals surface area contributed by atoms with Gasteiger partial charge in [0.05, 0.1) is 11.5 Å². The Labute approximate surface area is 153 Å². The molecule has 1 aromatic carbocycles. The van der Waals surface area contributed by atoms with Crippen LogP contribution in [0.3, 0.4) is 0 Å². The summed E-state index contributed by atoms with van der Waals surface area (Å²) >= 11 is 0. The lowest BCUT2D eigenvalue weighted by atomic mass is 9.94. The number of rotatable bonds is 6. The second-order valence-electron chi connectivity index (χ2n) is 7.06. The molecule has 136 valence electrons. The van der Waals surface area contributed by atoms with Gasteiger partial charge in [0, 0.05) is 18.5 Å². The molecule has 2 atom stereocenters. The fourth-order valence-electron chi connectivity index (χ4n) is 3.22. The zero-order valence-corrected chi connectivity index (χ0v) is 15.0. The number of nitrogens with two attached hydrogens (primary N) is 1. The Bertz CT molecular complexity index is 673. The highest BCUT2D eigenvalue weighted by Gasteiger charge is 2.41. The number of carbonyl (C=O) groups excluding carboxylic acids is 3. The van der Waals surface area contributed by atoms with Crippen LogP contribution >= 0.6 is 12.4 Å². The van der Waals surface area contributed by atoms with Crippen molar-refractivity contribution >= 4 is 30.1 Å². The van der Waals surface area contributed by atoms with Crippen LogP contribution in [0, 0.1) is 11.8 Å². The topological polar surface area (TPSA) is 101 Å². The molecule has 1 aliphatic carbocycles. The van der Waals surface area contributed by atoms with Gasteiger partial charge in [-0.2, -0.15) is 0 Å². The van der Waals surface area contributed by atoms with Crippen molar-refractivity contribution in [1.82, 2.24) is 10.6 Å². The number of hydrogen-bond donors (Lipinski definition) is 3. The molecule has 0 aromatic heterocycles. The quantitative estimate of drug-likeness (QED) is 0.658. The van der Waals surface area contributed by atoms with Crippen LogP contribution in [0.1, 0.15) is 42.1 Å². The van der Waals surface area contributed by atoms with Gasteiger partial charge in [0.1, 0.15) is 0 Å². The van der Waals surface area contributed by atoms with Crippen molar-refractivity contribution in [3.8, 4) is 0 Å². The van der Waals surface area contributed by atoms with Crippen LogP contribution in [0.15, 0.2) is 24.3 Å². The van der Waals surface area contributed by atoms with Crippen molar-refractivity contribution in [2.45, 2.75) is 38.1 Å². The van der Waals surface area contributed by atoms with E-state index in [1.807, 2.05) is 19.1 Å². The maximum atomic E-state index is 12.4. The lowest BCUT2D eigenvalue weighted by Crippen LogP contribution is -2.53. The van der Waals surface area contributed by atoms with E-state index in [0.717, 1.165) is 18.4 Å². The fraction of sp³-hybridized carbons (Fsp3) is 0.500. The van der Waals surface area contributed by atoms with Gasteiger partial charge >= 0.3 is 0 Å². The Morgan fingerprint density at radius 2 is 1.92 bits per heavy atom. The summed E-state index contributed by atoms with van der Waals surface area (Å²) in [6, 6.07) is 7.18. The molecule has 3 amide bonds. The third-order valence-electron chi connectivity index (χ3n) is 5.06. The third kappa shape index (κ3) is 4.38. The highest BCUT2D eigenvalue weighted by atomic mass is 35.5. The summed E-state index contributed by atoms with van der Waals surface area (Å²) in [7, 11) is 0. The Kier molecular flexibility index (Phi) is 5.85. The molecule has 0 radical (unpaired) electrons. The molecule has 2 aliphatic rings. The van der Waals surface area contributed by atoms with Gasteiger partial charge in [-0.25, -0.2) is 0 Å². The highest BCUT2D eigenvalue weighted by molar-refractivity contribution is 6.03. The SMILES string of the molecule is CC(CN)(NC(=O)c1ccc(CC2CC(=O)NC2=O)cc1)C1CC1.Cl. The first-order valence-corrected chi connectivity index (χ1v) is 8.36. The van der Waals surface area contributed by atoms with Gasteiger partial charge in [0.25, 0.3) is 5.91 Å². The van der Waals surface area contributed by atoms with Crippen molar-refractivity contribution < 1.29 is 14.4 Å².